The zero-order valence-electron chi connectivity index (χ0n) is 12.4. The van der Waals surface area contributed by atoms with Gasteiger partial charge in [-0.1, -0.05) is 30.4 Å². The third kappa shape index (κ3) is 3.81. The monoisotopic (exact) mass is 326 g/mol. The van der Waals surface area contributed by atoms with Gasteiger partial charge in [0.05, 0.1) is 17.9 Å². The molecule has 0 amide bonds. The van der Waals surface area contributed by atoms with Gasteiger partial charge >= 0.3 is 5.97 Å². The number of hydrogen-bond donors (Lipinski definition) is 1. The lowest BCUT2D eigenvalue weighted by molar-refractivity contribution is 0.0518. The first-order valence-corrected chi connectivity index (χ1v) is 7.21. The van der Waals surface area contributed by atoms with Crippen LogP contribution in [0.25, 0.3) is 11.8 Å². The van der Waals surface area contributed by atoms with E-state index in [0.29, 0.717) is 5.56 Å². The number of nitrogens with zero attached hydrogens (tertiary/aromatic N) is 3. The van der Waals surface area contributed by atoms with Gasteiger partial charge in [-0.05, 0) is 25.1 Å². The van der Waals surface area contributed by atoms with Crippen LogP contribution >= 0.6 is 12.2 Å². The molecule has 0 atom stereocenters. The van der Waals surface area contributed by atoms with Crippen molar-refractivity contribution in [2.75, 3.05) is 6.61 Å². The number of carbonyl (C=O) groups excluding carboxylic acids is 1. The molecule has 2 rings (SSSR count). The van der Waals surface area contributed by atoms with Crippen LogP contribution in [0.1, 0.15) is 23.0 Å². The molecule has 1 aromatic heterocycles. The Bertz CT molecular complexity index is 803. The van der Waals surface area contributed by atoms with Gasteiger partial charge in [0.15, 0.2) is 5.69 Å². The third-order valence-electron chi connectivity index (χ3n) is 2.92. The van der Waals surface area contributed by atoms with Crippen LogP contribution in [0.15, 0.2) is 42.1 Å². The number of ether oxygens (including phenoxy) is 1. The number of para-hydroxylation sites is 1. The first-order chi connectivity index (χ1) is 11.1. The van der Waals surface area contributed by atoms with Crippen LogP contribution in [0.2, 0.25) is 0 Å². The third-order valence-corrected chi connectivity index (χ3v) is 3.14. The number of thiocarbonyl (C=S) groups is 1. The Morgan fingerprint density at radius 1 is 1.48 bits per heavy atom. The maximum Gasteiger partial charge on any atom is 0.359 e. The van der Waals surface area contributed by atoms with Gasteiger partial charge in [-0.2, -0.15) is 10.4 Å². The Morgan fingerprint density at radius 2 is 2.17 bits per heavy atom. The predicted octanol–water partition coefficient (Wildman–Crippen LogP) is 2.24. The van der Waals surface area contributed by atoms with E-state index in [-0.39, 0.29) is 22.9 Å². The fourth-order valence-electron chi connectivity index (χ4n) is 1.88. The van der Waals surface area contributed by atoms with Gasteiger partial charge < -0.3 is 10.5 Å². The second kappa shape index (κ2) is 7.33. The van der Waals surface area contributed by atoms with Gasteiger partial charge in [0.25, 0.3) is 0 Å². The van der Waals surface area contributed by atoms with E-state index >= 15 is 0 Å². The number of benzene rings is 1. The van der Waals surface area contributed by atoms with E-state index in [2.05, 4.69) is 5.10 Å². The topological polar surface area (TPSA) is 93.9 Å². The van der Waals surface area contributed by atoms with Gasteiger partial charge in [-0.25, -0.2) is 9.48 Å². The van der Waals surface area contributed by atoms with Crippen molar-refractivity contribution in [3.63, 3.8) is 0 Å². The molecule has 0 radical (unpaired) electrons. The molecule has 6 nitrogen and oxygen atoms in total. The average Bonchev–Trinajstić information content (AvgIpc) is 2.97. The van der Waals surface area contributed by atoms with Crippen LogP contribution in [0.4, 0.5) is 0 Å². The molecule has 116 valence electrons. The van der Waals surface area contributed by atoms with Crippen molar-refractivity contribution < 1.29 is 9.53 Å². The molecular weight excluding hydrogens is 312 g/mol. The number of aromatic nitrogens is 2. The van der Waals surface area contributed by atoms with Gasteiger partial charge in [0.1, 0.15) is 11.1 Å². The molecule has 7 heteroatoms. The fraction of sp³-hybridized carbons (Fsp3) is 0.125. The highest BCUT2D eigenvalue weighted by atomic mass is 32.1. The summed E-state index contributed by atoms with van der Waals surface area (Å²) in [6.07, 6.45) is 3.05. The molecule has 2 aromatic rings. The zero-order chi connectivity index (χ0) is 16.8. The standard InChI is InChI=1S/C16H14N4O2S/c1-2-22-16(21)14-12(8-11(9-17)15(18)23)10-20(19-14)13-6-4-3-5-7-13/h3-8,10H,2H2,1H3,(H2,18,23)/b11-8+. The minimum atomic E-state index is -0.575. The summed E-state index contributed by atoms with van der Waals surface area (Å²) in [5.74, 6) is -0.575. The van der Waals surface area contributed by atoms with Crippen LogP contribution in [0, 0.1) is 11.3 Å². The Morgan fingerprint density at radius 3 is 2.74 bits per heavy atom. The normalized spacial score (nSPS) is 10.9. The molecule has 0 aliphatic carbocycles. The molecule has 0 bridgehead atoms. The summed E-state index contributed by atoms with van der Waals surface area (Å²) in [7, 11) is 0. The maximum absolute atomic E-state index is 12.1. The molecule has 0 saturated heterocycles. The molecule has 0 fully saturated rings. The fourth-order valence-corrected chi connectivity index (χ4v) is 1.98. The van der Waals surface area contributed by atoms with E-state index in [1.807, 2.05) is 36.4 Å². The van der Waals surface area contributed by atoms with Crippen LogP contribution in [-0.4, -0.2) is 27.3 Å². The molecular formula is C16H14N4O2S. The Kier molecular flexibility index (Phi) is 5.23. The largest absolute Gasteiger partial charge is 0.461 e. The zero-order valence-corrected chi connectivity index (χ0v) is 13.2. The molecule has 23 heavy (non-hydrogen) atoms. The number of carbonyl (C=O) groups is 1. The van der Waals surface area contributed by atoms with Crippen molar-refractivity contribution in [1.82, 2.24) is 9.78 Å². The number of nitriles is 1. The highest BCUT2D eigenvalue weighted by Crippen LogP contribution is 2.17. The van der Waals surface area contributed by atoms with Crippen LogP contribution < -0.4 is 5.73 Å². The first-order valence-electron chi connectivity index (χ1n) is 6.80. The minimum absolute atomic E-state index is 0.0465. The van der Waals surface area contributed by atoms with Crippen molar-refractivity contribution in [1.29, 1.82) is 5.26 Å². The lowest BCUT2D eigenvalue weighted by Gasteiger charge is -2.00. The van der Waals surface area contributed by atoms with E-state index in [1.54, 1.807) is 13.1 Å². The SMILES string of the molecule is CCOC(=O)c1nn(-c2ccccc2)cc1/C=C(\C#N)C(N)=S. The Labute approximate surface area is 138 Å². The van der Waals surface area contributed by atoms with Crippen molar-refractivity contribution in [2.45, 2.75) is 6.92 Å². The summed E-state index contributed by atoms with van der Waals surface area (Å²) < 4.78 is 6.54. The van der Waals surface area contributed by atoms with E-state index in [0.717, 1.165) is 5.69 Å². The number of hydrogen-bond acceptors (Lipinski definition) is 5. The predicted molar refractivity (Wildman–Crippen MR) is 89.9 cm³/mol. The van der Waals surface area contributed by atoms with Crippen molar-refractivity contribution in [2.24, 2.45) is 5.73 Å². The summed E-state index contributed by atoms with van der Waals surface area (Å²) >= 11 is 4.82. The first kappa shape index (κ1) is 16.4. The highest BCUT2D eigenvalue weighted by molar-refractivity contribution is 7.80. The van der Waals surface area contributed by atoms with Crippen molar-refractivity contribution in [3.8, 4) is 11.8 Å². The molecule has 0 unspecified atom stereocenters. The number of nitrogens with two attached hydrogens (primary N) is 1. The molecule has 0 saturated carbocycles. The van der Waals surface area contributed by atoms with E-state index < -0.39 is 5.97 Å². The highest BCUT2D eigenvalue weighted by Gasteiger charge is 2.18. The Hall–Kier alpha value is -2.98. The van der Waals surface area contributed by atoms with Crippen LogP contribution in [0.3, 0.4) is 0 Å². The molecule has 1 aromatic carbocycles. The van der Waals surface area contributed by atoms with Gasteiger partial charge in [-0.15, -0.1) is 0 Å². The summed E-state index contributed by atoms with van der Waals surface area (Å²) in [5, 5.41) is 13.3. The van der Waals surface area contributed by atoms with Gasteiger partial charge in [-0.3, -0.25) is 0 Å². The smallest absolute Gasteiger partial charge is 0.359 e. The van der Waals surface area contributed by atoms with E-state index in [1.165, 1.54) is 10.8 Å². The summed E-state index contributed by atoms with van der Waals surface area (Å²) in [4.78, 5) is 12.0. The summed E-state index contributed by atoms with van der Waals surface area (Å²) in [6.45, 7) is 1.93. The average molecular weight is 326 g/mol. The summed E-state index contributed by atoms with van der Waals surface area (Å²) in [5.41, 5.74) is 6.87. The molecule has 0 spiro atoms. The minimum Gasteiger partial charge on any atom is -0.461 e. The lowest BCUT2D eigenvalue weighted by atomic mass is 10.1. The van der Waals surface area contributed by atoms with Crippen LogP contribution in [0.5, 0.6) is 0 Å². The van der Waals surface area contributed by atoms with E-state index in [9.17, 15) is 4.79 Å². The van der Waals surface area contributed by atoms with Crippen molar-refractivity contribution >= 4 is 29.3 Å². The molecule has 2 N–H and O–H groups in total. The number of esters is 1. The second-order valence-corrected chi connectivity index (χ2v) is 4.91. The van der Waals surface area contributed by atoms with E-state index in [4.69, 9.17) is 28.0 Å². The molecule has 0 aliphatic heterocycles. The lowest BCUT2D eigenvalue weighted by Crippen LogP contribution is -2.11. The van der Waals surface area contributed by atoms with Gasteiger partial charge in [0, 0.05) is 11.8 Å². The molecule has 1 heterocycles. The number of rotatable bonds is 5. The summed E-state index contributed by atoms with van der Waals surface area (Å²) in [6, 6.07) is 11.2. The quantitative estimate of drug-likeness (QED) is 0.392. The van der Waals surface area contributed by atoms with Crippen molar-refractivity contribution in [3.05, 3.63) is 53.4 Å². The molecule has 0 aliphatic rings. The van der Waals surface area contributed by atoms with Crippen LogP contribution in [-0.2, 0) is 4.74 Å². The Balaban J connectivity index is 2.55. The van der Waals surface area contributed by atoms with Gasteiger partial charge in [0.2, 0.25) is 0 Å². The maximum atomic E-state index is 12.1. The second-order valence-electron chi connectivity index (χ2n) is 4.47.